The van der Waals surface area contributed by atoms with Crippen molar-refractivity contribution >= 4 is 16.8 Å². The van der Waals surface area contributed by atoms with Crippen molar-refractivity contribution in [1.82, 2.24) is 15.6 Å². The van der Waals surface area contributed by atoms with Gasteiger partial charge in [-0.25, -0.2) is 0 Å². The maximum Gasteiger partial charge on any atom is 0.267 e. The molecule has 3 N–H and O–H groups in total. The number of aromatic amines is 1. The number of fused-ring (bicyclic) bond motifs is 1. The molecule has 6 nitrogen and oxygen atoms in total. The Balaban J connectivity index is 1.93. The largest absolute Gasteiger partial charge is 0.496 e. The predicted octanol–water partition coefficient (Wildman–Crippen LogP) is 1.28. The third-order valence-corrected chi connectivity index (χ3v) is 3.80. The molecule has 1 unspecified atom stereocenters. The number of ether oxygens (including phenoxy) is 2. The quantitative estimate of drug-likeness (QED) is 0.792. The molecule has 6 heteroatoms. The van der Waals surface area contributed by atoms with E-state index in [2.05, 4.69) is 15.6 Å². The van der Waals surface area contributed by atoms with E-state index in [1.54, 1.807) is 20.3 Å². The number of methoxy groups -OCH3 is 2. The Hall–Kier alpha value is -2.21. The highest BCUT2D eigenvalue weighted by Gasteiger charge is 2.20. The molecule has 1 aromatic carbocycles. The van der Waals surface area contributed by atoms with Crippen LogP contribution in [0.15, 0.2) is 18.2 Å². The molecule has 0 aliphatic carbocycles. The molecule has 2 heterocycles. The van der Waals surface area contributed by atoms with Crippen molar-refractivity contribution in [2.24, 2.45) is 0 Å². The first-order valence-corrected chi connectivity index (χ1v) is 6.98. The van der Waals surface area contributed by atoms with Gasteiger partial charge in [0.2, 0.25) is 0 Å². The van der Waals surface area contributed by atoms with Gasteiger partial charge >= 0.3 is 0 Å². The Bertz CT molecular complexity index is 618. The summed E-state index contributed by atoms with van der Waals surface area (Å²) in [6, 6.07) is 5.64. The van der Waals surface area contributed by atoms with Gasteiger partial charge in [-0.1, -0.05) is 0 Å². The summed E-state index contributed by atoms with van der Waals surface area (Å²) in [7, 11) is 3.21. The molecule has 0 radical (unpaired) electrons. The van der Waals surface area contributed by atoms with Crippen LogP contribution in [0.25, 0.3) is 10.9 Å². The molecule has 1 aromatic heterocycles. The fourth-order valence-electron chi connectivity index (χ4n) is 2.68. The molecule has 21 heavy (non-hydrogen) atoms. The van der Waals surface area contributed by atoms with Gasteiger partial charge in [-0.2, -0.15) is 0 Å². The Kier molecular flexibility index (Phi) is 3.70. The molecule has 1 fully saturated rings. The number of H-pyrrole nitrogens is 1. The lowest BCUT2D eigenvalue weighted by Gasteiger charge is -2.09. The zero-order valence-electron chi connectivity index (χ0n) is 12.2. The van der Waals surface area contributed by atoms with Crippen molar-refractivity contribution in [1.29, 1.82) is 0 Å². The summed E-state index contributed by atoms with van der Waals surface area (Å²) >= 11 is 0. The van der Waals surface area contributed by atoms with Crippen molar-refractivity contribution in [2.45, 2.75) is 12.5 Å². The second kappa shape index (κ2) is 5.65. The molecule has 0 bridgehead atoms. The minimum Gasteiger partial charge on any atom is -0.496 e. The van der Waals surface area contributed by atoms with Gasteiger partial charge in [0.15, 0.2) is 0 Å². The van der Waals surface area contributed by atoms with Crippen LogP contribution in [0.4, 0.5) is 0 Å². The van der Waals surface area contributed by atoms with Crippen LogP contribution >= 0.6 is 0 Å². The fourth-order valence-corrected chi connectivity index (χ4v) is 2.68. The van der Waals surface area contributed by atoms with E-state index in [4.69, 9.17) is 9.47 Å². The van der Waals surface area contributed by atoms with E-state index in [0.29, 0.717) is 17.2 Å². The zero-order chi connectivity index (χ0) is 14.8. The zero-order valence-corrected chi connectivity index (χ0v) is 12.2. The topological polar surface area (TPSA) is 75.4 Å². The number of nitrogens with one attached hydrogen (secondary N) is 3. The van der Waals surface area contributed by atoms with Crippen LogP contribution in [0, 0.1) is 0 Å². The highest BCUT2D eigenvalue weighted by atomic mass is 16.5. The molecule has 0 spiro atoms. The number of amides is 1. The maximum atomic E-state index is 12.3. The van der Waals surface area contributed by atoms with E-state index in [9.17, 15) is 4.79 Å². The summed E-state index contributed by atoms with van der Waals surface area (Å²) in [6.07, 6.45) is 0.957. The van der Waals surface area contributed by atoms with Crippen LogP contribution in [0.1, 0.15) is 16.9 Å². The Morgan fingerprint density at radius 3 is 2.71 bits per heavy atom. The first kappa shape index (κ1) is 13.8. The Morgan fingerprint density at radius 1 is 1.29 bits per heavy atom. The van der Waals surface area contributed by atoms with Gasteiger partial charge in [0.1, 0.15) is 17.2 Å². The number of carbonyl (C=O) groups excluding carboxylic acids is 1. The van der Waals surface area contributed by atoms with Gasteiger partial charge in [0.25, 0.3) is 5.91 Å². The van der Waals surface area contributed by atoms with E-state index in [-0.39, 0.29) is 11.9 Å². The summed E-state index contributed by atoms with van der Waals surface area (Å²) in [5.74, 6) is 1.29. The van der Waals surface area contributed by atoms with E-state index >= 15 is 0 Å². The van der Waals surface area contributed by atoms with Gasteiger partial charge in [0.05, 0.1) is 19.7 Å². The van der Waals surface area contributed by atoms with Gasteiger partial charge in [-0.15, -0.1) is 0 Å². The van der Waals surface area contributed by atoms with Crippen LogP contribution < -0.4 is 20.1 Å². The van der Waals surface area contributed by atoms with Crippen molar-refractivity contribution < 1.29 is 14.3 Å². The van der Waals surface area contributed by atoms with Crippen LogP contribution in [-0.4, -0.2) is 44.2 Å². The minimum atomic E-state index is -0.107. The number of benzene rings is 1. The van der Waals surface area contributed by atoms with E-state index < -0.39 is 0 Å². The van der Waals surface area contributed by atoms with E-state index in [0.717, 1.165) is 30.4 Å². The summed E-state index contributed by atoms with van der Waals surface area (Å²) < 4.78 is 10.7. The lowest BCUT2D eigenvalue weighted by Crippen LogP contribution is -2.36. The summed E-state index contributed by atoms with van der Waals surface area (Å²) in [5.41, 5.74) is 1.28. The van der Waals surface area contributed by atoms with Crippen LogP contribution in [-0.2, 0) is 0 Å². The lowest BCUT2D eigenvalue weighted by molar-refractivity contribution is 0.0936. The number of aromatic nitrogens is 1. The standard InChI is InChI=1S/C15H19N3O3/c1-20-12-3-4-13(21-2)14-10(12)7-11(18-14)15(19)17-9-5-6-16-8-9/h3-4,7,9,16,18H,5-6,8H2,1-2H3,(H,17,19). The van der Waals surface area contributed by atoms with Crippen molar-refractivity contribution in [3.05, 3.63) is 23.9 Å². The highest BCUT2D eigenvalue weighted by Crippen LogP contribution is 2.33. The first-order chi connectivity index (χ1) is 10.2. The second-order valence-electron chi connectivity index (χ2n) is 5.10. The van der Waals surface area contributed by atoms with E-state index in [1.165, 1.54) is 0 Å². The number of rotatable bonds is 4. The third kappa shape index (κ3) is 2.54. The molecule has 1 aliphatic rings. The smallest absolute Gasteiger partial charge is 0.267 e. The van der Waals surface area contributed by atoms with Gasteiger partial charge in [0, 0.05) is 18.0 Å². The minimum absolute atomic E-state index is 0.107. The highest BCUT2D eigenvalue weighted by molar-refractivity contribution is 6.01. The number of hydrogen-bond acceptors (Lipinski definition) is 4. The number of hydrogen-bond donors (Lipinski definition) is 3. The molecular formula is C15H19N3O3. The SMILES string of the molecule is COc1ccc(OC)c2[nH]c(C(=O)NC3CCNC3)cc12. The van der Waals surface area contributed by atoms with Crippen LogP contribution in [0.2, 0.25) is 0 Å². The first-order valence-electron chi connectivity index (χ1n) is 6.98. The van der Waals surface area contributed by atoms with Gasteiger partial charge in [-0.05, 0) is 31.2 Å². The third-order valence-electron chi connectivity index (χ3n) is 3.80. The molecule has 1 aliphatic heterocycles. The lowest BCUT2D eigenvalue weighted by atomic mass is 10.2. The van der Waals surface area contributed by atoms with Crippen molar-refractivity contribution in [2.75, 3.05) is 27.3 Å². The Morgan fingerprint density at radius 2 is 2.05 bits per heavy atom. The summed E-state index contributed by atoms with van der Waals surface area (Å²) in [5, 5.41) is 7.08. The van der Waals surface area contributed by atoms with Crippen molar-refractivity contribution in [3.63, 3.8) is 0 Å². The summed E-state index contributed by atoms with van der Waals surface area (Å²) in [4.78, 5) is 15.4. The molecule has 1 saturated heterocycles. The van der Waals surface area contributed by atoms with Crippen LogP contribution in [0.3, 0.4) is 0 Å². The van der Waals surface area contributed by atoms with Crippen LogP contribution in [0.5, 0.6) is 11.5 Å². The molecule has 3 rings (SSSR count). The summed E-state index contributed by atoms with van der Waals surface area (Å²) in [6.45, 7) is 1.76. The molecule has 1 amide bonds. The average molecular weight is 289 g/mol. The molecule has 1 atom stereocenters. The maximum absolute atomic E-state index is 12.3. The van der Waals surface area contributed by atoms with Gasteiger partial charge < -0.3 is 25.1 Å². The molecule has 0 saturated carbocycles. The van der Waals surface area contributed by atoms with Crippen molar-refractivity contribution in [3.8, 4) is 11.5 Å². The second-order valence-corrected chi connectivity index (χ2v) is 5.10. The molecule has 112 valence electrons. The molecule has 2 aromatic rings. The predicted molar refractivity (Wildman–Crippen MR) is 80.1 cm³/mol. The number of carbonyl (C=O) groups is 1. The molecular weight excluding hydrogens is 270 g/mol. The van der Waals surface area contributed by atoms with E-state index in [1.807, 2.05) is 12.1 Å². The normalized spacial score (nSPS) is 17.9. The monoisotopic (exact) mass is 289 g/mol. The fraction of sp³-hybridized carbons (Fsp3) is 0.400. The van der Waals surface area contributed by atoms with Gasteiger partial charge in [-0.3, -0.25) is 4.79 Å². The average Bonchev–Trinajstić information content (AvgIpc) is 3.15. The Labute approximate surface area is 122 Å².